The number of ketones is 1. The van der Waals surface area contributed by atoms with E-state index in [9.17, 15) is 14.4 Å². The van der Waals surface area contributed by atoms with Gasteiger partial charge in [0.1, 0.15) is 5.76 Å². The van der Waals surface area contributed by atoms with Gasteiger partial charge in [-0.1, -0.05) is 23.4 Å². The number of ether oxygens (including phenoxy) is 1. The molecule has 0 saturated heterocycles. The van der Waals surface area contributed by atoms with Crippen LogP contribution >= 0.6 is 0 Å². The average Bonchev–Trinajstić information content (AvgIpc) is 3.20. The van der Waals surface area contributed by atoms with Crippen LogP contribution in [-0.2, 0) is 16.0 Å². The molecule has 0 aliphatic rings. The number of nitrogens with zero attached hydrogens (tertiary/aromatic N) is 2. The van der Waals surface area contributed by atoms with Crippen LogP contribution in [0, 0.1) is 27.7 Å². The number of amides is 1. The molecule has 0 bridgehead atoms. The van der Waals surface area contributed by atoms with Crippen LogP contribution in [0.15, 0.2) is 40.9 Å². The first-order valence-electron chi connectivity index (χ1n) is 9.43. The van der Waals surface area contributed by atoms with Crippen molar-refractivity contribution in [3.63, 3.8) is 0 Å². The number of hydrogen-bond acceptors (Lipinski definition) is 6. The summed E-state index contributed by atoms with van der Waals surface area (Å²) in [7, 11) is 0. The highest BCUT2D eigenvalue weighted by molar-refractivity contribution is 6.01. The van der Waals surface area contributed by atoms with Crippen LogP contribution in [0.3, 0.4) is 0 Å². The Balaban J connectivity index is 1.64. The van der Waals surface area contributed by atoms with Crippen molar-refractivity contribution in [1.29, 1.82) is 0 Å². The number of carbonyl (C=O) groups excluding carboxylic acids is 3. The van der Waals surface area contributed by atoms with Crippen molar-refractivity contribution in [2.24, 2.45) is 0 Å². The number of benzene rings is 1. The van der Waals surface area contributed by atoms with Crippen LogP contribution in [0.1, 0.15) is 49.1 Å². The summed E-state index contributed by atoms with van der Waals surface area (Å²) in [6.45, 7) is 6.56. The normalized spacial score (nSPS) is 10.7. The van der Waals surface area contributed by atoms with Gasteiger partial charge in [-0.05, 0) is 45.9 Å². The third-order valence-electron chi connectivity index (χ3n) is 4.85. The van der Waals surface area contributed by atoms with Gasteiger partial charge in [0.25, 0.3) is 5.91 Å². The van der Waals surface area contributed by atoms with E-state index in [1.54, 1.807) is 62.7 Å². The van der Waals surface area contributed by atoms with E-state index in [1.165, 1.54) is 0 Å². The molecule has 3 aromatic rings. The molecular formula is C22H23N3O5. The average molecular weight is 409 g/mol. The first-order chi connectivity index (χ1) is 14.3. The van der Waals surface area contributed by atoms with Crippen molar-refractivity contribution in [2.75, 3.05) is 12.0 Å². The van der Waals surface area contributed by atoms with E-state index in [2.05, 4.69) is 10.6 Å². The predicted octanol–water partition coefficient (Wildman–Crippen LogP) is 3.06. The zero-order valence-corrected chi connectivity index (χ0v) is 17.3. The van der Waals surface area contributed by atoms with Gasteiger partial charge in [-0.25, -0.2) is 0 Å². The fourth-order valence-corrected chi connectivity index (χ4v) is 3.15. The quantitative estimate of drug-likeness (QED) is 0.475. The van der Waals surface area contributed by atoms with Crippen LogP contribution in [0.2, 0.25) is 0 Å². The third-order valence-corrected chi connectivity index (χ3v) is 4.85. The van der Waals surface area contributed by atoms with E-state index in [1.807, 2.05) is 6.07 Å². The van der Waals surface area contributed by atoms with Gasteiger partial charge in [-0.3, -0.25) is 24.5 Å². The number of esters is 1. The SMILES string of the molecule is Cc1noc(C)c1CC(=O)OCC(=O)c1cc(C)n(NC(=O)c2ccccc2)c1C. The van der Waals surface area contributed by atoms with Crippen molar-refractivity contribution < 1.29 is 23.6 Å². The lowest BCUT2D eigenvalue weighted by Gasteiger charge is -2.11. The van der Waals surface area contributed by atoms with Crippen molar-refractivity contribution >= 4 is 17.7 Å². The topological polar surface area (TPSA) is 103 Å². The van der Waals surface area contributed by atoms with Gasteiger partial charge in [0, 0.05) is 28.1 Å². The van der Waals surface area contributed by atoms with Gasteiger partial charge in [-0.15, -0.1) is 0 Å². The van der Waals surface area contributed by atoms with E-state index in [-0.39, 0.29) is 24.7 Å². The highest BCUT2D eigenvalue weighted by Crippen LogP contribution is 2.16. The molecule has 8 heteroatoms. The molecule has 0 aliphatic carbocycles. The maximum absolute atomic E-state index is 12.6. The Hall–Kier alpha value is -3.68. The molecule has 30 heavy (non-hydrogen) atoms. The summed E-state index contributed by atoms with van der Waals surface area (Å²) < 4.78 is 11.7. The molecule has 1 aromatic carbocycles. The van der Waals surface area contributed by atoms with Gasteiger partial charge in [-0.2, -0.15) is 0 Å². The van der Waals surface area contributed by atoms with E-state index < -0.39 is 5.97 Å². The number of carbonyl (C=O) groups is 3. The Morgan fingerprint density at radius 2 is 1.80 bits per heavy atom. The summed E-state index contributed by atoms with van der Waals surface area (Å²) in [6.07, 6.45) is -0.0133. The lowest BCUT2D eigenvalue weighted by atomic mass is 10.1. The summed E-state index contributed by atoms with van der Waals surface area (Å²) in [4.78, 5) is 37.1. The second-order valence-electron chi connectivity index (χ2n) is 6.99. The molecule has 2 aromatic heterocycles. The molecule has 156 valence electrons. The van der Waals surface area contributed by atoms with Crippen LogP contribution in [0.5, 0.6) is 0 Å². The molecule has 1 amide bonds. The molecule has 1 N–H and O–H groups in total. The highest BCUT2D eigenvalue weighted by Gasteiger charge is 2.20. The lowest BCUT2D eigenvalue weighted by molar-refractivity contribution is -0.141. The summed E-state index contributed by atoms with van der Waals surface area (Å²) in [5.74, 6) is -0.630. The first kappa shape index (κ1) is 21.0. The predicted molar refractivity (Wildman–Crippen MR) is 109 cm³/mol. The van der Waals surface area contributed by atoms with Gasteiger partial charge in [0.15, 0.2) is 6.61 Å². The minimum atomic E-state index is -0.538. The number of Topliss-reactive ketones (excluding diaryl/α,β-unsaturated/α-hetero) is 1. The Labute approximate surface area is 173 Å². The number of rotatable bonds is 7. The maximum Gasteiger partial charge on any atom is 0.310 e. The zero-order chi connectivity index (χ0) is 21.8. The third kappa shape index (κ3) is 4.48. The van der Waals surface area contributed by atoms with Crippen LogP contribution in [0.4, 0.5) is 0 Å². The molecule has 0 radical (unpaired) electrons. The standard InChI is InChI=1S/C22H23N3O5/c1-13-10-19(15(3)25(13)23-22(28)17-8-6-5-7-9-17)20(26)12-29-21(27)11-18-14(2)24-30-16(18)4/h5-10H,11-12H2,1-4H3,(H,23,28). The van der Waals surface area contributed by atoms with Gasteiger partial charge in [0.2, 0.25) is 5.78 Å². The van der Waals surface area contributed by atoms with Gasteiger partial charge in [0.05, 0.1) is 12.1 Å². The highest BCUT2D eigenvalue weighted by atomic mass is 16.5. The van der Waals surface area contributed by atoms with E-state index >= 15 is 0 Å². The van der Waals surface area contributed by atoms with E-state index in [0.717, 1.165) is 0 Å². The van der Waals surface area contributed by atoms with Gasteiger partial charge < -0.3 is 9.26 Å². The number of nitrogens with one attached hydrogen (secondary N) is 1. The first-order valence-corrected chi connectivity index (χ1v) is 9.43. The summed E-state index contributed by atoms with van der Waals surface area (Å²) >= 11 is 0. The molecule has 3 rings (SSSR count). The second-order valence-corrected chi connectivity index (χ2v) is 6.99. The van der Waals surface area contributed by atoms with Crippen molar-refractivity contribution in [1.82, 2.24) is 9.83 Å². The van der Waals surface area contributed by atoms with E-state index in [4.69, 9.17) is 9.26 Å². The molecule has 0 unspecified atom stereocenters. The van der Waals surface area contributed by atoms with Crippen molar-refractivity contribution in [2.45, 2.75) is 34.1 Å². The fourth-order valence-electron chi connectivity index (χ4n) is 3.15. The molecule has 0 spiro atoms. The number of hydrogen-bond donors (Lipinski definition) is 1. The lowest BCUT2D eigenvalue weighted by Crippen LogP contribution is -2.25. The van der Waals surface area contributed by atoms with Gasteiger partial charge >= 0.3 is 5.97 Å². The largest absolute Gasteiger partial charge is 0.457 e. The molecule has 2 heterocycles. The Morgan fingerprint density at radius 3 is 2.43 bits per heavy atom. The monoisotopic (exact) mass is 409 g/mol. The maximum atomic E-state index is 12.6. The molecule has 0 fully saturated rings. The smallest absolute Gasteiger partial charge is 0.310 e. The molecule has 0 saturated carbocycles. The van der Waals surface area contributed by atoms with Crippen LogP contribution in [0.25, 0.3) is 0 Å². The Morgan fingerprint density at radius 1 is 1.10 bits per heavy atom. The molecule has 8 nitrogen and oxygen atoms in total. The van der Waals surface area contributed by atoms with Crippen molar-refractivity contribution in [3.8, 4) is 0 Å². The second kappa shape index (κ2) is 8.77. The Bertz CT molecular complexity index is 1080. The molecular weight excluding hydrogens is 386 g/mol. The molecule has 0 aliphatic heterocycles. The number of aryl methyl sites for hydroxylation is 3. The summed E-state index contributed by atoms with van der Waals surface area (Å²) in [5, 5.41) is 3.79. The van der Waals surface area contributed by atoms with Crippen molar-refractivity contribution in [3.05, 3.63) is 75.9 Å². The fraction of sp³-hybridized carbons (Fsp3) is 0.273. The molecule has 0 atom stereocenters. The van der Waals surface area contributed by atoms with E-state index in [0.29, 0.717) is 39.5 Å². The summed E-state index contributed by atoms with van der Waals surface area (Å²) in [5.41, 5.74) is 6.19. The minimum Gasteiger partial charge on any atom is -0.457 e. The Kier molecular flexibility index (Phi) is 6.15. The summed E-state index contributed by atoms with van der Waals surface area (Å²) in [6, 6.07) is 10.4. The van der Waals surface area contributed by atoms with Crippen LogP contribution < -0.4 is 5.43 Å². The number of aromatic nitrogens is 2. The zero-order valence-electron chi connectivity index (χ0n) is 17.3. The van der Waals surface area contributed by atoms with Crippen LogP contribution in [-0.4, -0.2) is 34.1 Å². The minimum absolute atomic E-state index is 0.0133.